The average Bonchev–Trinajstić information content (AvgIpc) is 3.10. The van der Waals surface area contributed by atoms with Crippen LogP contribution in [0, 0.1) is 6.92 Å². The van der Waals surface area contributed by atoms with Crippen molar-refractivity contribution in [3.63, 3.8) is 0 Å². The second-order valence-corrected chi connectivity index (χ2v) is 9.57. The summed E-state index contributed by atoms with van der Waals surface area (Å²) in [5, 5.41) is 9.50. The van der Waals surface area contributed by atoms with Gasteiger partial charge in [-0.3, -0.25) is 9.36 Å². The van der Waals surface area contributed by atoms with E-state index in [0.29, 0.717) is 5.16 Å². The largest absolute Gasteiger partial charge is 0.462 e. The van der Waals surface area contributed by atoms with Crippen LogP contribution in [-0.4, -0.2) is 32.6 Å². The molecule has 2 aromatic carbocycles. The third kappa shape index (κ3) is 5.30. The van der Waals surface area contributed by atoms with Crippen molar-refractivity contribution in [1.29, 1.82) is 0 Å². The van der Waals surface area contributed by atoms with Crippen molar-refractivity contribution in [2.24, 2.45) is 0 Å². The highest BCUT2D eigenvalue weighted by molar-refractivity contribution is 7.99. The van der Waals surface area contributed by atoms with Crippen LogP contribution in [0.1, 0.15) is 45.7 Å². The van der Waals surface area contributed by atoms with Crippen LogP contribution in [0.2, 0.25) is 0 Å². The zero-order valence-electron chi connectivity index (χ0n) is 18.5. The quantitative estimate of drug-likeness (QED) is 0.382. The van der Waals surface area contributed by atoms with Crippen LogP contribution in [0.4, 0.5) is 0 Å². The lowest BCUT2D eigenvalue weighted by molar-refractivity contribution is -0.144. The lowest BCUT2D eigenvalue weighted by atomic mass is 9.87. The van der Waals surface area contributed by atoms with Crippen molar-refractivity contribution in [3.8, 4) is 17.1 Å². The lowest BCUT2D eigenvalue weighted by Crippen LogP contribution is -2.13. The van der Waals surface area contributed by atoms with Gasteiger partial charge >= 0.3 is 5.97 Å². The van der Waals surface area contributed by atoms with E-state index in [1.807, 2.05) is 30.5 Å². The molecule has 6 heteroatoms. The maximum Gasteiger partial charge on any atom is 0.316 e. The molecule has 0 atom stereocenters. The molecule has 0 saturated carbocycles. The first kappa shape index (κ1) is 22.1. The van der Waals surface area contributed by atoms with Gasteiger partial charge in [0.05, 0.1) is 11.9 Å². The number of esters is 1. The predicted molar refractivity (Wildman–Crippen MR) is 122 cm³/mol. The minimum atomic E-state index is -0.260. The molecular weight excluding hydrogens is 394 g/mol. The average molecular weight is 424 g/mol. The summed E-state index contributed by atoms with van der Waals surface area (Å²) in [7, 11) is 0. The van der Waals surface area contributed by atoms with Gasteiger partial charge in [-0.2, -0.15) is 0 Å². The van der Waals surface area contributed by atoms with Crippen molar-refractivity contribution < 1.29 is 9.53 Å². The molecule has 0 fully saturated rings. The van der Waals surface area contributed by atoms with E-state index in [-0.39, 0.29) is 23.2 Å². The fraction of sp³-hybridized carbons (Fsp3) is 0.375. The van der Waals surface area contributed by atoms with Crippen LogP contribution < -0.4 is 0 Å². The van der Waals surface area contributed by atoms with E-state index in [1.165, 1.54) is 22.9 Å². The Bertz CT molecular complexity index is 1000. The molecule has 0 bridgehead atoms. The molecule has 0 radical (unpaired) electrons. The summed E-state index contributed by atoms with van der Waals surface area (Å²) in [5.41, 5.74) is 4.46. The smallest absolute Gasteiger partial charge is 0.316 e. The van der Waals surface area contributed by atoms with Gasteiger partial charge < -0.3 is 4.74 Å². The van der Waals surface area contributed by atoms with Crippen molar-refractivity contribution in [1.82, 2.24) is 14.8 Å². The number of aromatic nitrogens is 3. The van der Waals surface area contributed by atoms with E-state index in [1.54, 1.807) is 0 Å². The molecule has 1 heterocycles. The Labute approximate surface area is 182 Å². The summed E-state index contributed by atoms with van der Waals surface area (Å²) in [6, 6.07) is 16.6. The summed E-state index contributed by atoms with van der Waals surface area (Å²) in [6.07, 6.45) is -0.134. The van der Waals surface area contributed by atoms with Crippen LogP contribution in [0.5, 0.6) is 0 Å². The SMILES string of the molecule is Cc1ccc(-n2c(SCC(=O)OC(C)C)nnc2-c2ccc(C(C)(C)C)cc2)cc1. The number of nitrogens with zero attached hydrogens (tertiary/aromatic N) is 3. The molecule has 0 aliphatic carbocycles. The fourth-order valence-electron chi connectivity index (χ4n) is 3.02. The Kier molecular flexibility index (Phi) is 6.66. The molecule has 0 amide bonds. The standard InChI is InChI=1S/C24H29N3O2S/c1-16(2)29-21(28)15-30-23-26-25-22(27(23)20-13-7-17(3)8-14-20)18-9-11-19(12-10-18)24(4,5)6/h7-14,16H,15H2,1-6H3. The van der Waals surface area contributed by atoms with E-state index in [9.17, 15) is 4.79 Å². The Balaban J connectivity index is 1.98. The summed E-state index contributed by atoms with van der Waals surface area (Å²) in [4.78, 5) is 12.0. The second-order valence-electron chi connectivity index (χ2n) is 8.63. The number of rotatable bonds is 6. The van der Waals surface area contributed by atoms with Gasteiger partial charge in [0.2, 0.25) is 0 Å². The first-order valence-corrected chi connectivity index (χ1v) is 11.1. The summed E-state index contributed by atoms with van der Waals surface area (Å²) in [6.45, 7) is 12.3. The van der Waals surface area contributed by atoms with Gasteiger partial charge in [-0.15, -0.1) is 10.2 Å². The molecule has 0 spiro atoms. The third-order valence-corrected chi connectivity index (χ3v) is 5.52. The van der Waals surface area contributed by atoms with Crippen molar-refractivity contribution in [2.75, 3.05) is 5.75 Å². The second kappa shape index (κ2) is 9.04. The number of carbonyl (C=O) groups is 1. The lowest BCUT2D eigenvalue weighted by Gasteiger charge is -2.19. The Hall–Kier alpha value is -2.60. The van der Waals surface area contributed by atoms with Gasteiger partial charge in [0.1, 0.15) is 0 Å². The molecule has 0 aliphatic heterocycles. The first-order chi connectivity index (χ1) is 14.1. The van der Waals surface area contributed by atoms with E-state index < -0.39 is 0 Å². The van der Waals surface area contributed by atoms with E-state index >= 15 is 0 Å². The topological polar surface area (TPSA) is 57.0 Å². The van der Waals surface area contributed by atoms with Crippen molar-refractivity contribution >= 4 is 17.7 Å². The van der Waals surface area contributed by atoms with Crippen LogP contribution in [-0.2, 0) is 14.9 Å². The van der Waals surface area contributed by atoms with Crippen molar-refractivity contribution in [2.45, 2.75) is 58.2 Å². The van der Waals surface area contributed by atoms with Crippen LogP contribution in [0.15, 0.2) is 53.7 Å². The Morgan fingerprint density at radius 2 is 1.67 bits per heavy atom. The highest BCUT2D eigenvalue weighted by Crippen LogP contribution is 2.30. The molecule has 3 rings (SSSR count). The number of benzene rings is 2. The molecule has 30 heavy (non-hydrogen) atoms. The predicted octanol–water partition coefficient (Wildman–Crippen LogP) is 5.58. The minimum absolute atomic E-state index is 0.0843. The number of hydrogen-bond acceptors (Lipinski definition) is 5. The van der Waals surface area contributed by atoms with Gasteiger partial charge in [0.25, 0.3) is 0 Å². The number of ether oxygens (including phenoxy) is 1. The molecule has 0 saturated heterocycles. The van der Waals surface area contributed by atoms with E-state index in [2.05, 4.69) is 74.3 Å². The molecule has 0 N–H and O–H groups in total. The molecule has 1 aromatic heterocycles. The van der Waals surface area contributed by atoms with Crippen LogP contribution in [0.25, 0.3) is 17.1 Å². The van der Waals surface area contributed by atoms with Gasteiger partial charge in [0, 0.05) is 11.3 Å². The van der Waals surface area contributed by atoms with E-state index in [0.717, 1.165) is 17.1 Å². The molecule has 3 aromatic rings. The van der Waals surface area contributed by atoms with Crippen molar-refractivity contribution in [3.05, 3.63) is 59.7 Å². The molecule has 158 valence electrons. The van der Waals surface area contributed by atoms with Gasteiger partial charge in [-0.1, -0.05) is 74.5 Å². The summed E-state index contributed by atoms with van der Waals surface area (Å²) < 4.78 is 7.25. The number of aryl methyl sites for hydroxylation is 1. The van der Waals surface area contributed by atoms with Crippen LogP contribution in [0.3, 0.4) is 0 Å². The molecule has 0 aliphatic rings. The zero-order chi connectivity index (χ0) is 21.9. The zero-order valence-corrected chi connectivity index (χ0v) is 19.3. The molecule has 0 unspecified atom stereocenters. The number of thioether (sulfide) groups is 1. The summed E-state index contributed by atoms with van der Waals surface area (Å²) >= 11 is 1.33. The number of hydrogen-bond donors (Lipinski definition) is 0. The number of carbonyl (C=O) groups excluding carboxylic acids is 1. The van der Waals surface area contributed by atoms with Gasteiger partial charge in [-0.25, -0.2) is 0 Å². The Morgan fingerprint density at radius 1 is 1.03 bits per heavy atom. The highest BCUT2D eigenvalue weighted by atomic mass is 32.2. The highest BCUT2D eigenvalue weighted by Gasteiger charge is 2.19. The van der Waals surface area contributed by atoms with Gasteiger partial charge in [0.15, 0.2) is 11.0 Å². The van der Waals surface area contributed by atoms with E-state index in [4.69, 9.17) is 4.74 Å². The summed E-state index contributed by atoms with van der Waals surface area (Å²) in [5.74, 6) is 0.675. The monoisotopic (exact) mass is 423 g/mol. The normalized spacial score (nSPS) is 11.7. The molecule has 5 nitrogen and oxygen atoms in total. The van der Waals surface area contributed by atoms with Crippen LogP contribution >= 0.6 is 11.8 Å². The minimum Gasteiger partial charge on any atom is -0.462 e. The fourth-order valence-corrected chi connectivity index (χ4v) is 3.75. The maximum absolute atomic E-state index is 12.0. The Morgan fingerprint density at radius 3 is 2.23 bits per heavy atom. The van der Waals surface area contributed by atoms with Gasteiger partial charge in [-0.05, 0) is 43.9 Å². The molecular formula is C24H29N3O2S. The maximum atomic E-state index is 12.0. The third-order valence-electron chi connectivity index (χ3n) is 4.62. The first-order valence-electron chi connectivity index (χ1n) is 10.1.